The molecule has 4 nitrogen and oxygen atoms in total. The van der Waals surface area contributed by atoms with E-state index >= 15 is 0 Å². The molecule has 0 bridgehead atoms. The molecule has 0 aliphatic rings. The van der Waals surface area contributed by atoms with Crippen LogP contribution in [0.15, 0.2) is 26.0 Å². The maximum absolute atomic E-state index is 11.1. The highest BCUT2D eigenvalue weighted by Gasteiger charge is 2.16. The molecular formula is C7H7Br2NO3S. The lowest BCUT2D eigenvalue weighted by Gasteiger charge is -2.08. The van der Waals surface area contributed by atoms with E-state index in [-0.39, 0.29) is 10.6 Å². The Morgan fingerprint density at radius 2 is 1.79 bits per heavy atom. The van der Waals surface area contributed by atoms with Crippen LogP contribution >= 0.6 is 31.9 Å². The van der Waals surface area contributed by atoms with Crippen LogP contribution in [0.25, 0.3) is 0 Å². The standard InChI is InChI=1S/C7H7Br2NO3S/c1-13-6-2-4(8)5(9)3-7(6)14(10,11)12/h2-3H,1H3,(H2,10,11,12). The van der Waals surface area contributed by atoms with Crippen LogP contribution in [0.2, 0.25) is 0 Å². The molecule has 0 radical (unpaired) electrons. The first-order valence-electron chi connectivity index (χ1n) is 3.42. The Bertz CT molecular complexity index is 458. The number of hydrogen-bond acceptors (Lipinski definition) is 3. The summed E-state index contributed by atoms with van der Waals surface area (Å²) in [7, 11) is -2.38. The summed E-state index contributed by atoms with van der Waals surface area (Å²) < 4.78 is 28.5. The number of ether oxygens (including phenoxy) is 1. The molecule has 2 N–H and O–H groups in total. The second-order valence-corrected chi connectivity index (χ2v) is 5.70. The summed E-state index contributed by atoms with van der Waals surface area (Å²) in [5.41, 5.74) is 0. The number of sulfonamides is 1. The quantitative estimate of drug-likeness (QED) is 0.890. The molecule has 0 saturated carbocycles. The first kappa shape index (κ1) is 12.0. The van der Waals surface area contributed by atoms with Crippen molar-refractivity contribution in [1.29, 1.82) is 0 Å². The van der Waals surface area contributed by atoms with Gasteiger partial charge in [0.05, 0.1) is 7.11 Å². The zero-order valence-corrected chi connectivity index (χ0v) is 11.1. The van der Waals surface area contributed by atoms with E-state index in [1.54, 1.807) is 0 Å². The summed E-state index contributed by atoms with van der Waals surface area (Å²) >= 11 is 6.40. The zero-order chi connectivity index (χ0) is 10.9. The van der Waals surface area contributed by atoms with Crippen molar-refractivity contribution >= 4 is 41.9 Å². The third-order valence-corrected chi connectivity index (χ3v) is 4.29. The Kier molecular flexibility index (Phi) is 3.57. The Morgan fingerprint density at radius 1 is 1.29 bits per heavy atom. The van der Waals surface area contributed by atoms with Crippen LogP contribution in [0.3, 0.4) is 0 Å². The maximum atomic E-state index is 11.1. The summed E-state index contributed by atoms with van der Waals surface area (Å²) in [5, 5.41) is 5.01. The van der Waals surface area contributed by atoms with Crippen molar-refractivity contribution in [2.45, 2.75) is 4.90 Å². The molecule has 1 aromatic carbocycles. The minimum atomic E-state index is -3.76. The van der Waals surface area contributed by atoms with Crippen molar-refractivity contribution in [2.75, 3.05) is 7.11 Å². The molecule has 1 rings (SSSR count). The molecule has 0 atom stereocenters. The highest BCUT2D eigenvalue weighted by molar-refractivity contribution is 9.13. The van der Waals surface area contributed by atoms with Crippen LogP contribution in [0.4, 0.5) is 0 Å². The largest absolute Gasteiger partial charge is 0.495 e. The lowest BCUT2D eigenvalue weighted by atomic mass is 10.3. The average molecular weight is 345 g/mol. The van der Waals surface area contributed by atoms with Crippen molar-refractivity contribution in [3.63, 3.8) is 0 Å². The summed E-state index contributed by atoms with van der Waals surface area (Å²) in [6.45, 7) is 0. The monoisotopic (exact) mass is 343 g/mol. The number of hydrogen-bond donors (Lipinski definition) is 1. The van der Waals surface area contributed by atoms with E-state index in [0.29, 0.717) is 8.95 Å². The number of benzene rings is 1. The second-order valence-electron chi connectivity index (χ2n) is 2.46. The molecule has 14 heavy (non-hydrogen) atoms. The molecule has 0 aliphatic heterocycles. The first-order valence-corrected chi connectivity index (χ1v) is 6.55. The molecule has 0 heterocycles. The van der Waals surface area contributed by atoms with Crippen molar-refractivity contribution in [3.8, 4) is 5.75 Å². The molecule has 7 heteroatoms. The molecule has 0 unspecified atom stereocenters. The van der Waals surface area contributed by atoms with Crippen LogP contribution < -0.4 is 9.88 Å². The summed E-state index contributed by atoms with van der Waals surface area (Å²) in [4.78, 5) is -0.0462. The molecule has 0 saturated heterocycles. The lowest BCUT2D eigenvalue weighted by molar-refractivity contribution is 0.402. The minimum Gasteiger partial charge on any atom is -0.495 e. The highest BCUT2D eigenvalue weighted by Crippen LogP contribution is 2.32. The molecule has 1 aromatic rings. The third-order valence-electron chi connectivity index (χ3n) is 1.51. The predicted octanol–water partition coefficient (Wildman–Crippen LogP) is 1.87. The van der Waals surface area contributed by atoms with E-state index in [9.17, 15) is 8.42 Å². The van der Waals surface area contributed by atoms with E-state index in [2.05, 4.69) is 31.9 Å². The second kappa shape index (κ2) is 4.18. The topological polar surface area (TPSA) is 69.4 Å². The van der Waals surface area contributed by atoms with Crippen LogP contribution in [0, 0.1) is 0 Å². The van der Waals surface area contributed by atoms with Gasteiger partial charge in [0.15, 0.2) is 0 Å². The minimum absolute atomic E-state index is 0.0462. The summed E-state index contributed by atoms with van der Waals surface area (Å²) in [6.07, 6.45) is 0. The number of primary sulfonamides is 1. The van der Waals surface area contributed by atoms with Gasteiger partial charge >= 0.3 is 0 Å². The lowest BCUT2D eigenvalue weighted by Crippen LogP contribution is -2.13. The number of methoxy groups -OCH3 is 1. The van der Waals surface area contributed by atoms with E-state index in [4.69, 9.17) is 9.88 Å². The van der Waals surface area contributed by atoms with Gasteiger partial charge in [0.1, 0.15) is 10.6 Å². The van der Waals surface area contributed by atoms with Gasteiger partial charge in [0, 0.05) is 8.95 Å². The summed E-state index contributed by atoms with van der Waals surface area (Å²) in [6, 6.07) is 2.92. The Labute approximate surface area is 98.7 Å². The third kappa shape index (κ3) is 2.47. The van der Waals surface area contributed by atoms with E-state index in [1.807, 2.05) is 0 Å². The average Bonchev–Trinajstić information content (AvgIpc) is 2.07. The van der Waals surface area contributed by atoms with Gasteiger partial charge in [-0.3, -0.25) is 0 Å². The first-order chi connectivity index (χ1) is 6.36. The van der Waals surface area contributed by atoms with Gasteiger partial charge in [-0.05, 0) is 44.0 Å². The van der Waals surface area contributed by atoms with E-state index in [1.165, 1.54) is 19.2 Å². The van der Waals surface area contributed by atoms with E-state index < -0.39 is 10.0 Å². The molecule has 0 amide bonds. The van der Waals surface area contributed by atoms with E-state index in [0.717, 1.165) is 0 Å². The molecule has 0 fully saturated rings. The van der Waals surface area contributed by atoms with Crippen molar-refractivity contribution in [1.82, 2.24) is 0 Å². The number of nitrogens with two attached hydrogens (primary N) is 1. The van der Waals surface area contributed by atoms with Crippen molar-refractivity contribution < 1.29 is 13.2 Å². The summed E-state index contributed by atoms with van der Waals surface area (Å²) in [5.74, 6) is 0.211. The molecule has 78 valence electrons. The van der Waals surface area contributed by atoms with Gasteiger partial charge in [-0.15, -0.1) is 0 Å². The SMILES string of the molecule is COc1cc(Br)c(Br)cc1S(N)(=O)=O. The number of rotatable bonds is 2. The van der Waals surface area contributed by atoms with Gasteiger partial charge in [0.2, 0.25) is 10.0 Å². The molecular weight excluding hydrogens is 338 g/mol. The molecule has 0 aromatic heterocycles. The van der Waals surface area contributed by atoms with Gasteiger partial charge in [-0.2, -0.15) is 0 Å². The Balaban J connectivity index is 3.51. The Morgan fingerprint density at radius 3 is 2.21 bits per heavy atom. The normalized spacial score (nSPS) is 11.4. The highest BCUT2D eigenvalue weighted by atomic mass is 79.9. The fourth-order valence-corrected chi connectivity index (χ4v) is 2.41. The predicted molar refractivity (Wildman–Crippen MR) is 59.8 cm³/mol. The van der Waals surface area contributed by atoms with Crippen molar-refractivity contribution in [3.05, 3.63) is 21.1 Å². The smallest absolute Gasteiger partial charge is 0.241 e. The van der Waals surface area contributed by atoms with Crippen LogP contribution in [-0.4, -0.2) is 15.5 Å². The molecule has 0 spiro atoms. The fourth-order valence-electron chi connectivity index (χ4n) is 0.892. The number of halogens is 2. The Hall–Kier alpha value is -0.110. The van der Waals surface area contributed by atoms with Gasteiger partial charge in [0.25, 0.3) is 0 Å². The van der Waals surface area contributed by atoms with Crippen LogP contribution in [0.5, 0.6) is 5.75 Å². The van der Waals surface area contributed by atoms with Crippen molar-refractivity contribution in [2.24, 2.45) is 5.14 Å². The van der Waals surface area contributed by atoms with Crippen LogP contribution in [0.1, 0.15) is 0 Å². The fraction of sp³-hybridized carbons (Fsp3) is 0.143. The molecule has 0 aliphatic carbocycles. The zero-order valence-electron chi connectivity index (χ0n) is 7.12. The van der Waals surface area contributed by atoms with Gasteiger partial charge < -0.3 is 4.74 Å². The maximum Gasteiger partial charge on any atom is 0.241 e. The van der Waals surface area contributed by atoms with Gasteiger partial charge in [-0.1, -0.05) is 0 Å². The van der Waals surface area contributed by atoms with Gasteiger partial charge in [-0.25, -0.2) is 13.6 Å². The van der Waals surface area contributed by atoms with Crippen LogP contribution in [-0.2, 0) is 10.0 Å².